The van der Waals surface area contributed by atoms with E-state index in [1.54, 1.807) is 26.0 Å². The van der Waals surface area contributed by atoms with E-state index in [0.29, 0.717) is 11.1 Å². The lowest BCUT2D eigenvalue weighted by molar-refractivity contribution is -0.385. The molecule has 6 nitrogen and oxygen atoms in total. The van der Waals surface area contributed by atoms with E-state index in [1.165, 1.54) is 24.0 Å². The van der Waals surface area contributed by atoms with Crippen LogP contribution in [0.15, 0.2) is 58.5 Å². The van der Waals surface area contributed by atoms with E-state index >= 15 is 0 Å². The van der Waals surface area contributed by atoms with Crippen LogP contribution in [0.5, 0.6) is 0 Å². The summed E-state index contributed by atoms with van der Waals surface area (Å²) in [6, 6.07) is 14.4. The fraction of sp³-hybridized carbons (Fsp3) is 0.176. The second-order valence-electron chi connectivity index (χ2n) is 5.11. The Morgan fingerprint density at radius 1 is 1.29 bits per heavy atom. The molecule has 0 spiro atoms. The summed E-state index contributed by atoms with van der Waals surface area (Å²) in [5.41, 5.74) is 3.61. The van der Waals surface area contributed by atoms with Gasteiger partial charge in [-0.25, -0.2) is 5.43 Å². The maximum absolute atomic E-state index is 12.0. The van der Waals surface area contributed by atoms with Gasteiger partial charge in [0.25, 0.3) is 11.6 Å². The van der Waals surface area contributed by atoms with Crippen LogP contribution in [0, 0.1) is 17.0 Å². The van der Waals surface area contributed by atoms with Gasteiger partial charge in [0.1, 0.15) is 0 Å². The smallest absolute Gasteiger partial charge is 0.272 e. The van der Waals surface area contributed by atoms with Gasteiger partial charge in [-0.1, -0.05) is 30.3 Å². The van der Waals surface area contributed by atoms with Gasteiger partial charge < -0.3 is 0 Å². The molecule has 2 aromatic rings. The highest BCUT2D eigenvalue weighted by atomic mass is 32.2. The van der Waals surface area contributed by atoms with Crippen LogP contribution in [-0.4, -0.2) is 22.3 Å². The maximum Gasteiger partial charge on any atom is 0.272 e. The molecular formula is C17H17N3O3S. The largest absolute Gasteiger partial charge is 0.272 e. The lowest BCUT2D eigenvalue weighted by atomic mass is 10.1. The van der Waals surface area contributed by atoms with E-state index in [4.69, 9.17) is 0 Å². The average molecular weight is 343 g/mol. The molecule has 24 heavy (non-hydrogen) atoms. The van der Waals surface area contributed by atoms with Gasteiger partial charge in [-0.3, -0.25) is 14.9 Å². The number of rotatable bonds is 6. The van der Waals surface area contributed by atoms with Crippen LogP contribution in [0.3, 0.4) is 0 Å². The van der Waals surface area contributed by atoms with Gasteiger partial charge in [0, 0.05) is 22.1 Å². The molecule has 0 aliphatic heterocycles. The molecule has 0 aliphatic rings. The van der Waals surface area contributed by atoms with Gasteiger partial charge in [-0.2, -0.15) is 5.10 Å². The summed E-state index contributed by atoms with van der Waals surface area (Å²) in [5.74, 6) is -0.235. The first kappa shape index (κ1) is 17.7. The van der Waals surface area contributed by atoms with Crippen molar-refractivity contribution >= 4 is 29.6 Å². The van der Waals surface area contributed by atoms with Crippen LogP contribution < -0.4 is 5.43 Å². The number of hydrogen-bond acceptors (Lipinski definition) is 5. The zero-order valence-corrected chi connectivity index (χ0v) is 14.1. The minimum Gasteiger partial charge on any atom is -0.272 e. The number of benzene rings is 2. The van der Waals surface area contributed by atoms with Crippen molar-refractivity contribution in [3.8, 4) is 0 Å². The van der Waals surface area contributed by atoms with Gasteiger partial charge in [-0.05, 0) is 26.0 Å². The summed E-state index contributed by atoms with van der Waals surface area (Å²) in [6.45, 7) is 3.46. The van der Waals surface area contributed by atoms with Crippen LogP contribution in [-0.2, 0) is 4.79 Å². The third-order valence-corrected chi connectivity index (χ3v) is 4.36. The quantitative estimate of drug-likeness (QED) is 0.376. The van der Waals surface area contributed by atoms with Gasteiger partial charge >= 0.3 is 0 Å². The van der Waals surface area contributed by atoms with Crippen LogP contribution in [0.4, 0.5) is 5.69 Å². The summed E-state index contributed by atoms with van der Waals surface area (Å²) in [6.07, 6.45) is 1.39. The molecule has 0 radical (unpaired) electrons. The predicted molar refractivity (Wildman–Crippen MR) is 95.3 cm³/mol. The number of hydrogen-bond donors (Lipinski definition) is 1. The molecule has 124 valence electrons. The van der Waals surface area contributed by atoms with Crippen LogP contribution in [0.25, 0.3) is 0 Å². The monoisotopic (exact) mass is 343 g/mol. The topological polar surface area (TPSA) is 84.6 Å². The van der Waals surface area contributed by atoms with Crippen molar-refractivity contribution in [2.24, 2.45) is 5.10 Å². The Bertz CT molecular complexity index is 763. The number of carbonyl (C=O) groups excluding carboxylic acids is 1. The molecule has 0 bridgehead atoms. The van der Waals surface area contributed by atoms with Gasteiger partial charge in [0.05, 0.1) is 16.4 Å². The van der Waals surface area contributed by atoms with E-state index in [0.717, 1.165) is 4.90 Å². The number of nitro groups is 1. The fourth-order valence-electron chi connectivity index (χ4n) is 1.92. The number of carbonyl (C=O) groups is 1. The third-order valence-electron chi connectivity index (χ3n) is 3.24. The molecule has 0 aromatic heterocycles. The predicted octanol–water partition coefficient (Wildman–Crippen LogP) is 3.53. The molecule has 0 saturated heterocycles. The highest BCUT2D eigenvalue weighted by Crippen LogP contribution is 2.22. The Kier molecular flexibility index (Phi) is 6.08. The summed E-state index contributed by atoms with van der Waals surface area (Å²) in [7, 11) is 0. The SMILES string of the molecule is Cc1ccc(/C=N\NC(=O)[C@H](C)Sc2ccccc2)cc1[N+](=O)[O-]. The molecule has 1 N–H and O–H groups in total. The number of hydrazone groups is 1. The van der Waals surface area contributed by atoms with Crippen molar-refractivity contribution in [1.82, 2.24) is 5.43 Å². The molecule has 0 saturated carbocycles. The number of amides is 1. The van der Waals surface area contributed by atoms with Crippen molar-refractivity contribution in [2.45, 2.75) is 24.0 Å². The molecule has 2 rings (SSSR count). The second-order valence-corrected chi connectivity index (χ2v) is 6.52. The molecule has 0 heterocycles. The Balaban J connectivity index is 1.94. The van der Waals surface area contributed by atoms with Gasteiger partial charge in [0.2, 0.25) is 0 Å². The zero-order valence-electron chi connectivity index (χ0n) is 13.3. The molecule has 7 heteroatoms. The van der Waals surface area contributed by atoms with Crippen molar-refractivity contribution in [3.05, 3.63) is 69.8 Å². The molecule has 2 aromatic carbocycles. The van der Waals surface area contributed by atoms with Crippen LogP contribution >= 0.6 is 11.8 Å². The number of nitrogens with one attached hydrogen (secondary N) is 1. The minimum absolute atomic E-state index is 0.0262. The number of thioether (sulfide) groups is 1. The second kappa shape index (κ2) is 8.26. The highest BCUT2D eigenvalue weighted by molar-refractivity contribution is 8.00. The Labute approximate surface area is 144 Å². The number of aryl methyl sites for hydroxylation is 1. The first-order valence-corrected chi connectivity index (χ1v) is 8.15. The molecule has 0 fully saturated rings. The van der Waals surface area contributed by atoms with E-state index in [9.17, 15) is 14.9 Å². The van der Waals surface area contributed by atoms with Crippen LogP contribution in [0.1, 0.15) is 18.1 Å². The van der Waals surface area contributed by atoms with Gasteiger partial charge in [-0.15, -0.1) is 11.8 Å². The Morgan fingerprint density at radius 3 is 2.67 bits per heavy atom. The summed E-state index contributed by atoms with van der Waals surface area (Å²) < 4.78 is 0. The standard InChI is InChI=1S/C17H17N3O3S/c1-12-8-9-14(10-16(12)20(22)23)11-18-19-17(21)13(2)24-15-6-4-3-5-7-15/h3-11,13H,1-2H3,(H,19,21)/b18-11-/t13-/m0/s1. The first-order chi connectivity index (χ1) is 11.5. The van der Waals surface area contributed by atoms with E-state index in [1.807, 2.05) is 30.3 Å². The Hall–Kier alpha value is -2.67. The van der Waals surface area contributed by atoms with E-state index in [-0.39, 0.29) is 16.8 Å². The number of nitrogens with zero attached hydrogens (tertiary/aromatic N) is 2. The van der Waals surface area contributed by atoms with E-state index in [2.05, 4.69) is 10.5 Å². The van der Waals surface area contributed by atoms with Crippen molar-refractivity contribution in [3.63, 3.8) is 0 Å². The van der Waals surface area contributed by atoms with E-state index < -0.39 is 4.92 Å². The normalized spacial score (nSPS) is 12.1. The lowest BCUT2D eigenvalue weighted by Crippen LogP contribution is -2.26. The summed E-state index contributed by atoms with van der Waals surface area (Å²) in [5, 5.41) is 14.5. The molecule has 1 atom stereocenters. The lowest BCUT2D eigenvalue weighted by Gasteiger charge is -2.09. The molecular weight excluding hydrogens is 326 g/mol. The third kappa shape index (κ3) is 4.92. The Morgan fingerprint density at radius 2 is 2.00 bits per heavy atom. The molecule has 0 aliphatic carbocycles. The molecule has 0 unspecified atom stereocenters. The zero-order chi connectivity index (χ0) is 17.5. The minimum atomic E-state index is -0.441. The molecule has 1 amide bonds. The van der Waals surface area contributed by atoms with Crippen LogP contribution in [0.2, 0.25) is 0 Å². The fourth-order valence-corrected chi connectivity index (χ4v) is 2.80. The number of nitro benzene ring substituents is 1. The maximum atomic E-state index is 12.0. The van der Waals surface area contributed by atoms with Gasteiger partial charge in [0.15, 0.2) is 0 Å². The summed E-state index contributed by atoms with van der Waals surface area (Å²) >= 11 is 1.43. The first-order valence-electron chi connectivity index (χ1n) is 7.27. The average Bonchev–Trinajstić information content (AvgIpc) is 2.56. The highest BCUT2D eigenvalue weighted by Gasteiger charge is 2.13. The van der Waals surface area contributed by atoms with Crippen molar-refractivity contribution in [1.29, 1.82) is 0 Å². The van der Waals surface area contributed by atoms with Crippen molar-refractivity contribution in [2.75, 3.05) is 0 Å². The van der Waals surface area contributed by atoms with Crippen molar-refractivity contribution < 1.29 is 9.72 Å². The summed E-state index contributed by atoms with van der Waals surface area (Å²) in [4.78, 5) is 23.5.